The van der Waals surface area contributed by atoms with Gasteiger partial charge in [-0.3, -0.25) is 0 Å². The third kappa shape index (κ3) is 1.26. The topological polar surface area (TPSA) is 0 Å². The normalized spacial score (nSPS) is 11.4. The van der Waals surface area contributed by atoms with E-state index in [9.17, 15) is 4.39 Å². The highest BCUT2D eigenvalue weighted by Gasteiger charge is 2.10. The number of hydrogen-bond donors (Lipinski definition) is 0. The lowest BCUT2D eigenvalue weighted by atomic mass is 10.1. The number of halogens is 1. The predicted octanol–water partition coefficient (Wildman–Crippen LogP) is 4.81. The highest BCUT2D eigenvalue weighted by Crippen LogP contribution is 2.36. The molecular formula is C14H11FS. The quantitative estimate of drug-likeness (QED) is 0.520. The molecule has 0 atom stereocenters. The van der Waals surface area contributed by atoms with Crippen LogP contribution in [0.5, 0.6) is 0 Å². The molecule has 2 aromatic carbocycles. The largest absolute Gasteiger partial charge is 0.205 e. The molecule has 0 unspecified atom stereocenters. The summed E-state index contributed by atoms with van der Waals surface area (Å²) in [5.41, 5.74) is 1.94. The van der Waals surface area contributed by atoms with Crippen LogP contribution in [0.25, 0.3) is 20.2 Å². The maximum absolute atomic E-state index is 13.9. The van der Waals surface area contributed by atoms with Crippen LogP contribution in [-0.4, -0.2) is 0 Å². The van der Waals surface area contributed by atoms with E-state index in [0.29, 0.717) is 0 Å². The van der Waals surface area contributed by atoms with Crippen LogP contribution in [0.15, 0.2) is 30.3 Å². The van der Waals surface area contributed by atoms with Crippen LogP contribution in [0.4, 0.5) is 4.39 Å². The van der Waals surface area contributed by atoms with Gasteiger partial charge >= 0.3 is 0 Å². The lowest BCUT2D eigenvalue weighted by Crippen LogP contribution is -1.80. The summed E-state index contributed by atoms with van der Waals surface area (Å²) in [5, 5.41) is 2.19. The maximum Gasteiger partial charge on any atom is 0.143 e. The number of hydrogen-bond acceptors (Lipinski definition) is 1. The molecule has 80 valence electrons. The van der Waals surface area contributed by atoms with Gasteiger partial charge in [0.15, 0.2) is 0 Å². The van der Waals surface area contributed by atoms with Crippen LogP contribution in [0.1, 0.15) is 11.1 Å². The Bertz CT molecular complexity index is 695. The Hall–Kier alpha value is -1.41. The Kier molecular flexibility index (Phi) is 2.01. The molecule has 0 nitrogen and oxygen atoms in total. The van der Waals surface area contributed by atoms with Gasteiger partial charge in [-0.25, -0.2) is 4.39 Å². The van der Waals surface area contributed by atoms with Crippen LogP contribution in [-0.2, 0) is 0 Å². The van der Waals surface area contributed by atoms with Gasteiger partial charge in [0, 0.05) is 15.5 Å². The fraction of sp³-hybridized carbons (Fsp3) is 0.143. The van der Waals surface area contributed by atoms with E-state index >= 15 is 0 Å². The molecule has 0 bridgehead atoms. The molecule has 0 amide bonds. The van der Waals surface area contributed by atoms with E-state index in [2.05, 4.69) is 25.1 Å². The molecule has 0 saturated heterocycles. The molecular weight excluding hydrogens is 219 g/mol. The smallest absolute Gasteiger partial charge is 0.143 e. The van der Waals surface area contributed by atoms with Gasteiger partial charge < -0.3 is 0 Å². The van der Waals surface area contributed by atoms with Crippen molar-refractivity contribution in [1.29, 1.82) is 0 Å². The van der Waals surface area contributed by atoms with Crippen LogP contribution in [0, 0.1) is 19.7 Å². The van der Waals surface area contributed by atoms with Gasteiger partial charge in [-0.2, -0.15) is 0 Å². The molecule has 0 radical (unpaired) electrons. The van der Waals surface area contributed by atoms with Crippen molar-refractivity contribution in [3.63, 3.8) is 0 Å². The van der Waals surface area contributed by atoms with Crippen molar-refractivity contribution in [3.05, 3.63) is 47.3 Å². The van der Waals surface area contributed by atoms with E-state index in [-0.39, 0.29) is 5.82 Å². The van der Waals surface area contributed by atoms with Crippen molar-refractivity contribution in [1.82, 2.24) is 0 Å². The summed E-state index contributed by atoms with van der Waals surface area (Å²) < 4.78 is 15.9. The summed E-state index contributed by atoms with van der Waals surface area (Å²) >= 11 is 1.54. The summed E-state index contributed by atoms with van der Waals surface area (Å²) in [7, 11) is 0. The zero-order valence-electron chi connectivity index (χ0n) is 9.17. The highest BCUT2D eigenvalue weighted by atomic mass is 32.1. The second kappa shape index (κ2) is 3.29. The molecule has 0 saturated carbocycles. The van der Waals surface area contributed by atoms with Crippen LogP contribution < -0.4 is 0 Å². The minimum absolute atomic E-state index is 0.0728. The molecule has 0 aliphatic carbocycles. The fourth-order valence-electron chi connectivity index (χ4n) is 2.01. The molecule has 0 aliphatic heterocycles. The van der Waals surface area contributed by atoms with Gasteiger partial charge in [-0.1, -0.05) is 24.3 Å². The van der Waals surface area contributed by atoms with Gasteiger partial charge in [0.1, 0.15) is 5.82 Å². The summed E-state index contributed by atoms with van der Waals surface area (Å²) in [5.74, 6) is -0.0728. The zero-order chi connectivity index (χ0) is 11.3. The zero-order valence-corrected chi connectivity index (χ0v) is 9.99. The first kappa shape index (κ1) is 9.79. The summed E-state index contributed by atoms with van der Waals surface area (Å²) in [4.78, 5) is 0. The van der Waals surface area contributed by atoms with Gasteiger partial charge in [0.05, 0.1) is 4.70 Å². The summed E-state index contributed by atoms with van der Waals surface area (Å²) in [6, 6.07) is 10.1. The number of thiophene rings is 1. The van der Waals surface area contributed by atoms with E-state index in [0.717, 1.165) is 21.0 Å². The number of aryl methyl sites for hydroxylation is 2. The molecule has 3 rings (SSSR count). The molecule has 0 fully saturated rings. The maximum atomic E-state index is 13.9. The minimum atomic E-state index is -0.0728. The molecule has 2 heteroatoms. The first-order chi connectivity index (χ1) is 7.66. The second-order valence-corrected chi connectivity index (χ2v) is 5.23. The second-order valence-electron chi connectivity index (χ2n) is 4.17. The molecule has 0 N–H and O–H groups in total. The summed E-state index contributed by atoms with van der Waals surface area (Å²) in [6.45, 7) is 3.87. The summed E-state index contributed by atoms with van der Waals surface area (Å²) in [6.07, 6.45) is 0. The van der Waals surface area contributed by atoms with Crippen molar-refractivity contribution < 1.29 is 4.39 Å². The van der Waals surface area contributed by atoms with Crippen molar-refractivity contribution in [2.24, 2.45) is 0 Å². The van der Waals surface area contributed by atoms with E-state index in [1.807, 2.05) is 19.1 Å². The predicted molar refractivity (Wildman–Crippen MR) is 68.8 cm³/mol. The van der Waals surface area contributed by atoms with E-state index < -0.39 is 0 Å². The van der Waals surface area contributed by atoms with Crippen molar-refractivity contribution in [2.75, 3.05) is 0 Å². The number of rotatable bonds is 0. The van der Waals surface area contributed by atoms with E-state index in [1.54, 1.807) is 11.3 Å². The van der Waals surface area contributed by atoms with Gasteiger partial charge in [-0.05, 0) is 31.0 Å². The standard InChI is InChI=1S/C14H11FS/c1-8-3-5-10-11-6-4-9(2)13(15)14(11)16-12(10)7-8/h3-7H,1-2H3. The third-order valence-corrected chi connectivity index (χ3v) is 4.09. The van der Waals surface area contributed by atoms with Crippen molar-refractivity contribution >= 4 is 31.5 Å². The first-order valence-corrected chi connectivity index (χ1v) is 6.06. The monoisotopic (exact) mass is 230 g/mol. The SMILES string of the molecule is Cc1ccc2c(c1)sc1c(F)c(C)ccc12. The Morgan fingerprint density at radius 3 is 2.56 bits per heavy atom. The molecule has 1 aromatic heterocycles. The average Bonchev–Trinajstić information content (AvgIpc) is 2.62. The van der Waals surface area contributed by atoms with Crippen LogP contribution in [0.2, 0.25) is 0 Å². The van der Waals surface area contributed by atoms with Gasteiger partial charge in [0.2, 0.25) is 0 Å². The molecule has 3 aromatic rings. The minimum Gasteiger partial charge on any atom is -0.205 e. The van der Waals surface area contributed by atoms with Crippen molar-refractivity contribution in [3.8, 4) is 0 Å². The Labute approximate surface area is 97.3 Å². The molecule has 16 heavy (non-hydrogen) atoms. The van der Waals surface area contributed by atoms with E-state index in [1.165, 1.54) is 10.3 Å². The van der Waals surface area contributed by atoms with Gasteiger partial charge in [-0.15, -0.1) is 11.3 Å². The molecule has 0 aliphatic rings. The van der Waals surface area contributed by atoms with Gasteiger partial charge in [0.25, 0.3) is 0 Å². The van der Waals surface area contributed by atoms with Crippen LogP contribution >= 0.6 is 11.3 Å². The Balaban J connectivity index is 2.55. The lowest BCUT2D eigenvalue weighted by molar-refractivity contribution is 0.632. The number of benzene rings is 2. The van der Waals surface area contributed by atoms with E-state index in [4.69, 9.17) is 0 Å². The molecule has 0 spiro atoms. The van der Waals surface area contributed by atoms with Crippen molar-refractivity contribution in [2.45, 2.75) is 13.8 Å². The fourth-order valence-corrected chi connectivity index (χ4v) is 3.30. The number of fused-ring (bicyclic) bond motifs is 3. The Morgan fingerprint density at radius 2 is 1.75 bits per heavy atom. The average molecular weight is 230 g/mol. The van der Waals surface area contributed by atoms with Crippen LogP contribution in [0.3, 0.4) is 0 Å². The lowest BCUT2D eigenvalue weighted by Gasteiger charge is -1.96. The first-order valence-electron chi connectivity index (χ1n) is 5.25. The molecule has 1 heterocycles. The highest BCUT2D eigenvalue weighted by molar-refractivity contribution is 7.25. The Morgan fingerprint density at radius 1 is 1.00 bits per heavy atom. The third-order valence-electron chi connectivity index (χ3n) is 2.93.